The van der Waals surface area contributed by atoms with Crippen molar-refractivity contribution in [1.82, 2.24) is 9.96 Å². The van der Waals surface area contributed by atoms with E-state index in [4.69, 9.17) is 38.0 Å². The lowest BCUT2D eigenvalue weighted by molar-refractivity contribution is -0.265. The van der Waals surface area contributed by atoms with Crippen molar-refractivity contribution in [1.29, 1.82) is 0 Å². The monoisotopic (exact) mass is 1100 g/mol. The lowest BCUT2D eigenvalue weighted by Gasteiger charge is -2.42. The number of imide groups is 1. The van der Waals surface area contributed by atoms with Crippen LogP contribution >= 0.6 is 0 Å². The number of rotatable bonds is 11. The first kappa shape index (κ1) is 63.9. The second-order valence-electron chi connectivity index (χ2n) is 22.2. The van der Waals surface area contributed by atoms with Crippen LogP contribution in [0.25, 0.3) is 0 Å². The molecule has 20 nitrogen and oxygen atoms in total. The van der Waals surface area contributed by atoms with Gasteiger partial charge in [-0.05, 0) is 107 Å². The van der Waals surface area contributed by atoms with Gasteiger partial charge < -0.3 is 48.3 Å². The van der Waals surface area contributed by atoms with Gasteiger partial charge in [0.2, 0.25) is 5.79 Å². The van der Waals surface area contributed by atoms with Crippen molar-refractivity contribution < 1.29 is 86.6 Å². The number of cyclic esters (lactones) is 1. The highest BCUT2D eigenvalue weighted by Crippen LogP contribution is 2.38. The molecule has 4 aliphatic heterocycles. The van der Waals surface area contributed by atoms with Crippen molar-refractivity contribution >= 4 is 47.2 Å². The summed E-state index contributed by atoms with van der Waals surface area (Å²) in [6.07, 6.45) is 9.18. The first-order valence-electron chi connectivity index (χ1n) is 27.8. The van der Waals surface area contributed by atoms with E-state index in [0.29, 0.717) is 68.4 Å². The van der Waals surface area contributed by atoms with Gasteiger partial charge in [0.1, 0.15) is 36.7 Å². The van der Waals surface area contributed by atoms with Crippen LogP contribution in [0.4, 0.5) is 4.79 Å². The van der Waals surface area contributed by atoms with Crippen molar-refractivity contribution in [2.45, 2.75) is 193 Å². The molecule has 1 aliphatic carbocycles. The second-order valence-corrected chi connectivity index (χ2v) is 22.2. The van der Waals surface area contributed by atoms with Crippen LogP contribution in [-0.2, 0) is 71.6 Å². The van der Waals surface area contributed by atoms with Crippen molar-refractivity contribution in [2.24, 2.45) is 35.5 Å². The van der Waals surface area contributed by atoms with Crippen LogP contribution in [0, 0.1) is 35.5 Å². The van der Waals surface area contributed by atoms with Crippen LogP contribution in [0.1, 0.15) is 138 Å². The van der Waals surface area contributed by atoms with Gasteiger partial charge >= 0.3 is 12.1 Å². The Bertz CT molecular complexity index is 2230. The minimum absolute atomic E-state index is 0.0113. The zero-order valence-corrected chi connectivity index (χ0v) is 47.4. The number of piperidine rings is 1. The summed E-state index contributed by atoms with van der Waals surface area (Å²) in [7, 11) is 4.48. The third kappa shape index (κ3) is 17.0. The molecule has 0 spiro atoms. The molecule has 0 aromatic rings. The van der Waals surface area contributed by atoms with Crippen LogP contribution in [0.15, 0.2) is 47.6 Å². The fourth-order valence-electron chi connectivity index (χ4n) is 11.4. The summed E-state index contributed by atoms with van der Waals surface area (Å²) in [5, 5.41) is 24.0. The maximum atomic E-state index is 14.6. The maximum Gasteiger partial charge on any atom is 0.534 e. The Morgan fingerprint density at radius 1 is 0.821 bits per heavy atom. The van der Waals surface area contributed by atoms with Crippen LogP contribution in [0.3, 0.4) is 0 Å². The molecule has 15 atom stereocenters. The molecule has 78 heavy (non-hydrogen) atoms. The molecule has 0 aromatic carbocycles. The number of carbonyl (C=O) groups excluding carboxylic acids is 8. The van der Waals surface area contributed by atoms with E-state index in [-0.39, 0.29) is 87.5 Å². The number of nitrogens with zero attached hydrogens (tertiary/aromatic N) is 2. The molecule has 20 heteroatoms. The summed E-state index contributed by atoms with van der Waals surface area (Å²) in [5.74, 6) is -9.83. The largest absolute Gasteiger partial charge is 0.534 e. The third-order valence-electron chi connectivity index (χ3n) is 16.3. The first-order chi connectivity index (χ1) is 37.0. The number of aliphatic hydroxyl groups is 2. The smallest absolute Gasteiger partial charge is 0.460 e. The van der Waals surface area contributed by atoms with Gasteiger partial charge in [-0.25, -0.2) is 9.59 Å². The molecule has 0 aromatic heterocycles. The third-order valence-corrected chi connectivity index (χ3v) is 16.3. The Morgan fingerprint density at radius 2 is 1.54 bits per heavy atom. The number of ketones is 3. The van der Waals surface area contributed by atoms with Gasteiger partial charge in [-0.2, -0.15) is 0 Å². The van der Waals surface area contributed by atoms with Gasteiger partial charge in [0.15, 0.2) is 5.78 Å². The molecule has 3 saturated heterocycles. The first-order valence-corrected chi connectivity index (χ1v) is 27.8. The van der Waals surface area contributed by atoms with Gasteiger partial charge in [0.25, 0.3) is 23.5 Å². The lowest BCUT2D eigenvalue weighted by atomic mass is 9.78. The number of amides is 3. The summed E-state index contributed by atoms with van der Waals surface area (Å²) < 4.78 is 40.9. The molecule has 2 bridgehead atoms. The number of ether oxygens (including phenoxy) is 7. The minimum Gasteiger partial charge on any atom is -0.460 e. The van der Waals surface area contributed by atoms with Crippen LogP contribution in [-0.4, -0.2) is 163 Å². The highest BCUT2D eigenvalue weighted by atomic mass is 16.8. The number of aliphatic hydroxyl groups excluding tert-OH is 1. The second kappa shape index (κ2) is 30.0. The van der Waals surface area contributed by atoms with Gasteiger partial charge in [-0.3, -0.25) is 33.6 Å². The summed E-state index contributed by atoms with van der Waals surface area (Å²) in [4.78, 5) is 113. The summed E-state index contributed by atoms with van der Waals surface area (Å²) in [6, 6.07) is -1.20. The number of carbonyl (C=O) groups is 8. The molecule has 2 N–H and O–H groups in total. The Morgan fingerprint density at radius 3 is 2.22 bits per heavy atom. The topological polar surface area (TPSA) is 257 Å². The van der Waals surface area contributed by atoms with Gasteiger partial charge in [0.05, 0.1) is 31.0 Å². The SMILES string of the molecule is CO[C@H]1C[C@@H]2CC[C@@H](C)[C@@](O)(O2)C(=O)C(=O)N2CCCC[C@H]2C(=O)O[C@H]([C@H](C)C[C@@H]2CC[C@@H](OCCOC(=O)ON3C(=O)CCC3=O)[C@H](OC)C2)CC(=O)[C@H](C)/C=C(\C)[C@@H](O)[C@@H](OC)C(=O)[C@H](C)C[C@H](C)/C=C/C=C/C=C/1C. The predicted molar refractivity (Wildman–Crippen MR) is 282 cm³/mol. The zero-order valence-electron chi connectivity index (χ0n) is 47.4. The average Bonchev–Trinajstić information content (AvgIpc) is 3.77. The molecular formula is C58H86N2O18. The van der Waals surface area contributed by atoms with E-state index in [2.05, 4.69) is 0 Å². The van der Waals surface area contributed by atoms with E-state index >= 15 is 0 Å². The molecule has 3 amide bonds. The van der Waals surface area contributed by atoms with Crippen LogP contribution < -0.4 is 0 Å². The predicted octanol–water partition coefficient (Wildman–Crippen LogP) is 6.42. The normalized spacial score (nSPS) is 36.6. The van der Waals surface area contributed by atoms with E-state index in [9.17, 15) is 48.6 Å². The van der Waals surface area contributed by atoms with Crippen molar-refractivity contribution in [3.8, 4) is 0 Å². The molecular weight excluding hydrogens is 1010 g/mol. The molecule has 5 aliphatic rings. The van der Waals surface area contributed by atoms with Crippen LogP contribution in [0.5, 0.6) is 0 Å². The Hall–Kier alpha value is -4.96. The van der Waals surface area contributed by atoms with E-state index < -0.39 is 102 Å². The molecule has 0 radical (unpaired) electrons. The number of fused-ring (bicyclic) bond motifs is 3. The van der Waals surface area contributed by atoms with Crippen LogP contribution in [0.2, 0.25) is 0 Å². The number of hydrogen-bond acceptors (Lipinski definition) is 18. The molecule has 4 heterocycles. The van der Waals surface area contributed by atoms with E-state index in [1.54, 1.807) is 48.0 Å². The molecule has 4 fully saturated rings. The quantitative estimate of drug-likeness (QED) is 0.0743. The highest BCUT2D eigenvalue weighted by molar-refractivity contribution is 6.39. The average molecular weight is 1100 g/mol. The summed E-state index contributed by atoms with van der Waals surface area (Å²) in [6.45, 7) is 12.3. The zero-order chi connectivity index (χ0) is 57.4. The van der Waals surface area contributed by atoms with E-state index in [0.717, 1.165) is 10.5 Å². The Balaban J connectivity index is 1.38. The molecule has 0 unspecified atom stereocenters. The lowest BCUT2D eigenvalue weighted by Crippen LogP contribution is -2.61. The Kier molecular flexibility index (Phi) is 24.6. The Labute approximate surface area is 459 Å². The molecule has 5 rings (SSSR count). The minimum atomic E-state index is -2.47. The highest BCUT2D eigenvalue weighted by Gasteiger charge is 2.53. The van der Waals surface area contributed by atoms with E-state index in [1.165, 1.54) is 7.11 Å². The number of esters is 1. The standard InChI is InChI=1S/C58H86N2O18/c1-34-16-12-11-13-17-35(2)46(71-8)32-42-21-19-40(7)58(70,77-42)54(66)55(67)59-25-15-14-18-43(59)56(68)76-47(33-44(61)36(3)29-39(6)52(65)53(73-10)51(64)38(5)28-34)37(4)30-41-20-22-45(48(31-41)72-9)74-26-27-75-57(69)78-60-49(62)23-24-50(60)63/h11-13,16-17,29,34,36-38,40-43,45-48,52-53,65,70H,14-15,18-28,30-33H2,1-10H3/b13-11+,16-12+,35-17+,39-29+/t34-,36-,37-,38-,40-,41+,42+,43+,45-,46+,47+,48-,52-,53+,58-/m1/s1. The van der Waals surface area contributed by atoms with Crippen molar-refractivity contribution in [3.63, 3.8) is 0 Å². The fourth-order valence-corrected chi connectivity index (χ4v) is 11.4. The van der Waals surface area contributed by atoms with Crippen molar-refractivity contribution in [2.75, 3.05) is 41.1 Å². The van der Waals surface area contributed by atoms with Gasteiger partial charge in [-0.1, -0.05) is 76.1 Å². The van der Waals surface area contributed by atoms with Gasteiger partial charge in [0, 0.05) is 71.3 Å². The molecule has 436 valence electrons. The summed E-state index contributed by atoms with van der Waals surface area (Å²) in [5.41, 5.74) is 1.21. The fraction of sp³-hybridized carbons (Fsp3) is 0.724. The molecule has 1 saturated carbocycles. The maximum absolute atomic E-state index is 14.6. The summed E-state index contributed by atoms with van der Waals surface area (Å²) >= 11 is 0. The van der Waals surface area contributed by atoms with Gasteiger partial charge in [-0.15, -0.1) is 0 Å². The number of Topliss-reactive ketones (excluding diaryl/α,β-unsaturated/α-hetero) is 3. The number of allylic oxidation sites excluding steroid dienone is 6. The number of hydrogen-bond donors (Lipinski definition) is 2. The number of hydroxylamine groups is 2. The van der Waals surface area contributed by atoms with E-state index in [1.807, 2.05) is 51.2 Å². The number of methoxy groups -OCH3 is 3. The van der Waals surface area contributed by atoms with Crippen molar-refractivity contribution in [3.05, 3.63) is 47.6 Å².